The molecule has 0 aliphatic heterocycles. The first-order valence-corrected chi connectivity index (χ1v) is 19.8. The molecule has 0 aliphatic rings. The van der Waals surface area contributed by atoms with E-state index in [1.807, 2.05) is 12.2 Å². The van der Waals surface area contributed by atoms with E-state index in [0.717, 1.165) is 70.6 Å². The summed E-state index contributed by atoms with van der Waals surface area (Å²) < 4.78 is 10.5. The summed E-state index contributed by atoms with van der Waals surface area (Å²) in [6, 6.07) is 0. The highest BCUT2D eigenvalue weighted by Crippen LogP contribution is 2.09. The van der Waals surface area contributed by atoms with Gasteiger partial charge in [0.15, 0.2) is 6.10 Å². The Morgan fingerprint density at radius 2 is 0.840 bits per heavy atom. The summed E-state index contributed by atoms with van der Waals surface area (Å²) in [4.78, 5) is 24.2. The van der Waals surface area contributed by atoms with E-state index in [0.29, 0.717) is 12.8 Å². The number of allylic oxidation sites excluding steroid dienone is 16. The van der Waals surface area contributed by atoms with Crippen LogP contribution in [-0.4, -0.2) is 36.4 Å². The molecule has 0 fully saturated rings. The lowest BCUT2D eigenvalue weighted by Crippen LogP contribution is -2.28. The third-order valence-corrected chi connectivity index (χ3v) is 7.86. The van der Waals surface area contributed by atoms with Crippen LogP contribution >= 0.6 is 0 Å². The minimum Gasteiger partial charge on any atom is -0.462 e. The van der Waals surface area contributed by atoms with Crippen LogP contribution in [0, 0.1) is 0 Å². The van der Waals surface area contributed by atoms with Crippen molar-refractivity contribution in [3.8, 4) is 0 Å². The maximum Gasteiger partial charge on any atom is 0.306 e. The van der Waals surface area contributed by atoms with E-state index in [4.69, 9.17) is 9.47 Å². The lowest BCUT2D eigenvalue weighted by molar-refractivity contribution is -0.161. The van der Waals surface area contributed by atoms with Crippen molar-refractivity contribution < 1.29 is 24.2 Å². The molecule has 282 valence electrons. The van der Waals surface area contributed by atoms with Crippen LogP contribution in [0.25, 0.3) is 0 Å². The van der Waals surface area contributed by atoms with Crippen molar-refractivity contribution >= 4 is 11.9 Å². The molecule has 5 nitrogen and oxygen atoms in total. The van der Waals surface area contributed by atoms with Gasteiger partial charge in [-0.15, -0.1) is 0 Å². The van der Waals surface area contributed by atoms with Gasteiger partial charge in [-0.25, -0.2) is 0 Å². The first-order chi connectivity index (χ1) is 24.6. The van der Waals surface area contributed by atoms with Crippen molar-refractivity contribution in [3.05, 3.63) is 97.2 Å². The van der Waals surface area contributed by atoms with E-state index in [1.165, 1.54) is 51.4 Å². The number of unbranched alkanes of at least 4 members (excludes halogenated alkanes) is 10. The van der Waals surface area contributed by atoms with E-state index < -0.39 is 12.1 Å². The zero-order valence-corrected chi connectivity index (χ0v) is 31.9. The van der Waals surface area contributed by atoms with Crippen LogP contribution in [0.3, 0.4) is 0 Å². The van der Waals surface area contributed by atoms with Crippen LogP contribution < -0.4 is 0 Å². The first-order valence-electron chi connectivity index (χ1n) is 19.8. The number of esters is 2. The van der Waals surface area contributed by atoms with E-state index in [2.05, 4.69) is 98.9 Å². The summed E-state index contributed by atoms with van der Waals surface area (Å²) in [5.41, 5.74) is 0. The number of hydrogen-bond donors (Lipinski definition) is 1. The minimum atomic E-state index is -0.826. The molecule has 0 radical (unpaired) electrons. The third-order valence-electron chi connectivity index (χ3n) is 7.86. The lowest BCUT2D eigenvalue weighted by atomic mass is 10.1. The summed E-state index contributed by atoms with van der Waals surface area (Å²) in [5, 5.41) is 9.54. The van der Waals surface area contributed by atoms with Gasteiger partial charge in [0.2, 0.25) is 0 Å². The molecule has 0 saturated carbocycles. The molecule has 0 rings (SSSR count). The predicted octanol–water partition coefficient (Wildman–Crippen LogP) is 12.5. The van der Waals surface area contributed by atoms with Gasteiger partial charge in [-0.2, -0.15) is 0 Å². The monoisotopic (exact) mass is 693 g/mol. The van der Waals surface area contributed by atoms with E-state index in [-0.39, 0.29) is 25.6 Å². The molecule has 0 spiro atoms. The van der Waals surface area contributed by atoms with E-state index >= 15 is 0 Å². The Kier molecular flexibility index (Phi) is 37.7. The molecule has 0 heterocycles. The first kappa shape index (κ1) is 46.8. The second kappa shape index (κ2) is 40.3. The largest absolute Gasteiger partial charge is 0.462 e. The van der Waals surface area contributed by atoms with Gasteiger partial charge in [0, 0.05) is 12.8 Å². The third kappa shape index (κ3) is 37.6. The number of rotatable bonds is 34. The molecule has 1 unspecified atom stereocenters. The Balaban J connectivity index is 3.77. The molecular weight excluding hydrogens is 620 g/mol. The smallest absolute Gasteiger partial charge is 0.306 e. The van der Waals surface area contributed by atoms with Gasteiger partial charge in [-0.05, 0) is 89.9 Å². The van der Waals surface area contributed by atoms with Crippen molar-refractivity contribution in [1.29, 1.82) is 0 Å². The zero-order chi connectivity index (χ0) is 36.4. The van der Waals surface area contributed by atoms with Crippen molar-refractivity contribution in [2.75, 3.05) is 13.2 Å². The Labute approximate surface area is 307 Å². The van der Waals surface area contributed by atoms with Crippen molar-refractivity contribution in [2.45, 2.75) is 161 Å². The van der Waals surface area contributed by atoms with Gasteiger partial charge >= 0.3 is 11.9 Å². The molecule has 0 saturated heterocycles. The summed E-state index contributed by atoms with van der Waals surface area (Å²) >= 11 is 0. The SMILES string of the molecule is CCCCCC=CCC=CCC=CCC=CCC=CCCC(=O)OC(CO)COC(=O)CCCCCCC=CCC=CCC=CCCCCC. The lowest BCUT2D eigenvalue weighted by Gasteiger charge is -2.15. The highest BCUT2D eigenvalue weighted by Gasteiger charge is 2.15. The van der Waals surface area contributed by atoms with Crippen LogP contribution in [0.5, 0.6) is 0 Å². The normalized spacial score (nSPS) is 13.3. The highest BCUT2D eigenvalue weighted by atomic mass is 16.6. The molecule has 0 aliphatic carbocycles. The fourth-order valence-electron chi connectivity index (χ4n) is 4.84. The molecule has 0 aromatic carbocycles. The number of aliphatic hydroxyl groups excluding tert-OH is 1. The number of carbonyl (C=O) groups is 2. The maximum absolute atomic E-state index is 12.1. The molecule has 0 bridgehead atoms. The second-order valence-corrected chi connectivity index (χ2v) is 12.6. The summed E-state index contributed by atoms with van der Waals surface area (Å²) in [5.74, 6) is -0.723. The Bertz CT molecular complexity index is 1010. The van der Waals surface area contributed by atoms with Gasteiger partial charge in [-0.1, -0.05) is 150 Å². The minimum absolute atomic E-state index is 0.114. The molecule has 0 amide bonds. The van der Waals surface area contributed by atoms with Gasteiger partial charge in [-0.3, -0.25) is 9.59 Å². The maximum atomic E-state index is 12.1. The van der Waals surface area contributed by atoms with Crippen molar-refractivity contribution in [2.24, 2.45) is 0 Å². The molecule has 5 heteroatoms. The van der Waals surface area contributed by atoms with Crippen molar-refractivity contribution in [3.63, 3.8) is 0 Å². The molecule has 0 aromatic rings. The van der Waals surface area contributed by atoms with Crippen molar-refractivity contribution in [1.82, 2.24) is 0 Å². The Morgan fingerprint density at radius 3 is 1.26 bits per heavy atom. The van der Waals surface area contributed by atoms with E-state index in [9.17, 15) is 14.7 Å². The van der Waals surface area contributed by atoms with Gasteiger partial charge in [0.25, 0.3) is 0 Å². The fourth-order valence-corrected chi connectivity index (χ4v) is 4.84. The van der Waals surface area contributed by atoms with Crippen LogP contribution in [0.4, 0.5) is 0 Å². The number of ether oxygens (including phenoxy) is 2. The van der Waals surface area contributed by atoms with Gasteiger partial charge in [0.1, 0.15) is 6.61 Å². The molecule has 1 atom stereocenters. The highest BCUT2D eigenvalue weighted by molar-refractivity contribution is 5.70. The average molecular weight is 693 g/mol. The Morgan fingerprint density at radius 1 is 0.460 bits per heavy atom. The molecule has 0 aromatic heterocycles. The number of hydrogen-bond acceptors (Lipinski definition) is 5. The van der Waals surface area contributed by atoms with E-state index in [1.54, 1.807) is 0 Å². The van der Waals surface area contributed by atoms with Crippen LogP contribution in [0.2, 0.25) is 0 Å². The predicted molar refractivity (Wildman–Crippen MR) is 214 cm³/mol. The Hall–Kier alpha value is -3.18. The zero-order valence-electron chi connectivity index (χ0n) is 31.9. The van der Waals surface area contributed by atoms with Gasteiger partial charge < -0.3 is 14.6 Å². The van der Waals surface area contributed by atoms with Crippen LogP contribution in [-0.2, 0) is 19.1 Å². The van der Waals surface area contributed by atoms with Gasteiger partial charge in [0.05, 0.1) is 6.61 Å². The number of carbonyl (C=O) groups excluding carboxylic acids is 2. The fraction of sp³-hybridized carbons (Fsp3) is 0.600. The molecule has 50 heavy (non-hydrogen) atoms. The average Bonchev–Trinajstić information content (AvgIpc) is 3.12. The number of aliphatic hydroxyl groups is 1. The standard InChI is InChI=1S/C45H72O5/c1-3-5-7-9-11-13-15-17-19-21-22-24-26-28-30-32-34-36-38-40-45(48)50-43(41-46)42-49-44(47)39-37-35-33-31-29-27-25-23-20-18-16-14-12-10-8-6-4-2/h11-14,17-20,22,24-25,27-28,30,34,36,43,46H,3-10,15-16,21,23,26,29,31-33,35,37-42H2,1-2H3. The summed E-state index contributed by atoms with van der Waals surface area (Å²) in [6.45, 7) is 3.98. The topological polar surface area (TPSA) is 72.8 Å². The molecule has 1 N–H and O–H groups in total. The summed E-state index contributed by atoms with van der Waals surface area (Å²) in [7, 11) is 0. The van der Waals surface area contributed by atoms with Crippen LogP contribution in [0.1, 0.15) is 155 Å². The second-order valence-electron chi connectivity index (χ2n) is 12.6. The quantitative estimate of drug-likeness (QED) is 0.0413. The molecular formula is C45H72O5. The van der Waals surface area contributed by atoms with Crippen LogP contribution in [0.15, 0.2) is 97.2 Å². The summed E-state index contributed by atoms with van der Waals surface area (Å²) in [6.07, 6.45) is 56.1.